The average Bonchev–Trinajstić information content (AvgIpc) is 3.08. The minimum Gasteiger partial charge on any atom is -0.473 e. The zero-order chi connectivity index (χ0) is 19.5. The summed E-state index contributed by atoms with van der Waals surface area (Å²) in [6.07, 6.45) is -4.30. The maximum atomic E-state index is 12.8. The number of amidine groups is 1. The Bertz CT molecular complexity index is 727. The largest absolute Gasteiger partial charge is 0.473 e. The Balaban J connectivity index is 0.000000352. The molecule has 3 N–H and O–H groups in total. The molecular formula is C15H16F3N3O4S. The van der Waals surface area contributed by atoms with E-state index in [0.717, 1.165) is 29.9 Å². The number of aliphatic carboxylic acids is 2. The summed E-state index contributed by atoms with van der Waals surface area (Å²) in [7, 11) is 1.82. The number of rotatable bonds is 1. The van der Waals surface area contributed by atoms with Crippen LogP contribution in [0.25, 0.3) is 0 Å². The van der Waals surface area contributed by atoms with E-state index in [-0.39, 0.29) is 5.25 Å². The molecule has 0 bridgehead atoms. The van der Waals surface area contributed by atoms with Crippen LogP contribution in [0.3, 0.4) is 0 Å². The Hall–Kier alpha value is -2.43. The van der Waals surface area contributed by atoms with Crippen molar-refractivity contribution in [1.29, 1.82) is 0 Å². The van der Waals surface area contributed by atoms with Crippen LogP contribution in [-0.4, -0.2) is 59.9 Å². The van der Waals surface area contributed by atoms with Crippen molar-refractivity contribution in [2.45, 2.75) is 16.3 Å². The highest BCUT2D eigenvalue weighted by Gasteiger charge is 2.34. The summed E-state index contributed by atoms with van der Waals surface area (Å²) in [5, 5.41) is 18.2. The standard InChI is InChI=1S/C13H14F3N3S.C2H2O4/c1-19-7-11(12-17-4-5-18-12)20-10-3-2-8(6-9(10)19)13(14,15)16;3-1(4)2(5)6/h2-3,6,11H,4-5,7H2,1H3,(H,17,18);(H,3,4)(H,5,6). The summed E-state index contributed by atoms with van der Waals surface area (Å²) in [5.41, 5.74) is 0.0400. The fourth-order valence-electron chi connectivity index (χ4n) is 2.40. The molecule has 0 aliphatic carbocycles. The van der Waals surface area contributed by atoms with E-state index in [1.807, 2.05) is 11.9 Å². The minimum atomic E-state index is -4.30. The van der Waals surface area contributed by atoms with Gasteiger partial charge in [-0.25, -0.2) is 9.59 Å². The molecule has 142 valence electrons. The van der Waals surface area contributed by atoms with E-state index in [9.17, 15) is 13.2 Å². The van der Waals surface area contributed by atoms with E-state index in [0.29, 0.717) is 12.2 Å². The number of hydrogen-bond donors (Lipinski definition) is 3. The van der Waals surface area contributed by atoms with Gasteiger partial charge in [-0.05, 0) is 18.2 Å². The topological polar surface area (TPSA) is 102 Å². The molecule has 0 saturated carbocycles. The number of anilines is 1. The van der Waals surface area contributed by atoms with Gasteiger partial charge >= 0.3 is 18.1 Å². The third-order valence-electron chi connectivity index (χ3n) is 3.59. The molecule has 0 amide bonds. The number of carboxylic acids is 2. The first-order valence-corrected chi connectivity index (χ1v) is 8.31. The lowest BCUT2D eigenvalue weighted by Gasteiger charge is -2.33. The van der Waals surface area contributed by atoms with Crippen LogP contribution in [0.15, 0.2) is 28.1 Å². The molecular weight excluding hydrogens is 375 g/mol. The van der Waals surface area contributed by atoms with Crippen molar-refractivity contribution in [1.82, 2.24) is 5.32 Å². The Kier molecular flexibility index (Phi) is 6.01. The van der Waals surface area contributed by atoms with E-state index in [2.05, 4.69) is 10.3 Å². The van der Waals surface area contributed by atoms with Crippen LogP contribution in [0.4, 0.5) is 18.9 Å². The molecule has 0 saturated heterocycles. The molecule has 2 heterocycles. The summed E-state index contributed by atoms with van der Waals surface area (Å²) >= 11 is 1.58. The van der Waals surface area contributed by atoms with E-state index in [1.165, 1.54) is 6.07 Å². The van der Waals surface area contributed by atoms with Gasteiger partial charge in [-0.1, -0.05) is 0 Å². The molecule has 2 aliphatic rings. The lowest BCUT2D eigenvalue weighted by Crippen LogP contribution is -2.40. The van der Waals surface area contributed by atoms with Crippen molar-refractivity contribution >= 4 is 35.2 Å². The molecule has 1 unspecified atom stereocenters. The maximum absolute atomic E-state index is 12.8. The Morgan fingerprint density at radius 1 is 1.31 bits per heavy atom. The smallest absolute Gasteiger partial charge is 0.416 e. The summed E-state index contributed by atoms with van der Waals surface area (Å²) in [6.45, 7) is 2.27. The number of carbonyl (C=O) groups is 2. The van der Waals surface area contributed by atoms with Crippen molar-refractivity contribution in [2.75, 3.05) is 31.6 Å². The average molecular weight is 391 g/mol. The van der Waals surface area contributed by atoms with Gasteiger partial charge in [-0.15, -0.1) is 11.8 Å². The highest BCUT2D eigenvalue weighted by molar-refractivity contribution is 8.01. The van der Waals surface area contributed by atoms with Gasteiger partial charge in [-0.2, -0.15) is 13.2 Å². The number of carboxylic acid groups (broad SMARTS) is 2. The highest BCUT2D eigenvalue weighted by atomic mass is 32.2. The van der Waals surface area contributed by atoms with Crippen molar-refractivity contribution in [3.8, 4) is 0 Å². The van der Waals surface area contributed by atoms with Crippen molar-refractivity contribution in [2.24, 2.45) is 4.99 Å². The Morgan fingerprint density at radius 2 is 1.96 bits per heavy atom. The van der Waals surface area contributed by atoms with Crippen LogP contribution in [0, 0.1) is 0 Å². The third-order valence-corrected chi connectivity index (χ3v) is 4.85. The highest BCUT2D eigenvalue weighted by Crippen LogP contribution is 2.41. The Morgan fingerprint density at radius 3 is 2.46 bits per heavy atom. The predicted molar refractivity (Wildman–Crippen MR) is 89.9 cm³/mol. The molecule has 0 radical (unpaired) electrons. The maximum Gasteiger partial charge on any atom is 0.416 e. The molecule has 0 aromatic heterocycles. The van der Waals surface area contributed by atoms with Crippen molar-refractivity contribution < 1.29 is 33.0 Å². The lowest BCUT2D eigenvalue weighted by molar-refractivity contribution is -0.159. The molecule has 2 aliphatic heterocycles. The third kappa shape index (κ3) is 4.81. The lowest BCUT2D eigenvalue weighted by atomic mass is 10.1. The second-order valence-corrected chi connectivity index (χ2v) is 6.72. The van der Waals surface area contributed by atoms with Gasteiger partial charge in [0.25, 0.3) is 0 Å². The molecule has 1 aromatic rings. The summed E-state index contributed by atoms with van der Waals surface area (Å²) in [4.78, 5) is 25.3. The van der Waals surface area contributed by atoms with Gasteiger partial charge in [0.05, 0.1) is 23.0 Å². The summed E-state index contributed by atoms with van der Waals surface area (Å²) < 4.78 is 38.3. The fourth-order valence-corrected chi connectivity index (χ4v) is 3.76. The summed E-state index contributed by atoms with van der Waals surface area (Å²) in [6, 6.07) is 3.93. The molecule has 0 spiro atoms. The van der Waals surface area contributed by atoms with E-state index in [1.54, 1.807) is 17.8 Å². The number of benzene rings is 1. The molecule has 7 nitrogen and oxygen atoms in total. The molecule has 3 rings (SSSR count). The SMILES string of the molecule is CN1CC(C2=NCCN2)Sc2ccc(C(F)(F)F)cc21.O=C(O)C(=O)O. The fraction of sp³-hybridized carbons (Fsp3) is 0.400. The minimum absolute atomic E-state index is 0.159. The number of halogens is 3. The van der Waals surface area contributed by atoms with Gasteiger partial charge in [0.15, 0.2) is 0 Å². The van der Waals surface area contributed by atoms with Gasteiger partial charge in [0.2, 0.25) is 0 Å². The zero-order valence-electron chi connectivity index (χ0n) is 13.6. The van der Waals surface area contributed by atoms with Crippen LogP contribution in [0.1, 0.15) is 5.56 Å². The predicted octanol–water partition coefficient (Wildman–Crippen LogP) is 1.77. The van der Waals surface area contributed by atoms with Gasteiger partial charge in [-0.3, -0.25) is 4.99 Å². The summed E-state index contributed by atoms with van der Waals surface area (Å²) in [5.74, 6) is -2.70. The number of nitrogens with one attached hydrogen (secondary N) is 1. The van der Waals surface area contributed by atoms with Gasteiger partial charge in [0, 0.05) is 25.0 Å². The number of aliphatic imine (C=N–C) groups is 1. The van der Waals surface area contributed by atoms with E-state index in [4.69, 9.17) is 19.8 Å². The first-order chi connectivity index (χ1) is 12.1. The second kappa shape index (κ2) is 7.85. The number of thioether (sulfide) groups is 1. The number of hydrogen-bond acceptors (Lipinski definition) is 6. The van der Waals surface area contributed by atoms with Crippen LogP contribution in [0.5, 0.6) is 0 Å². The first-order valence-electron chi connectivity index (χ1n) is 7.43. The monoisotopic (exact) mass is 391 g/mol. The molecule has 1 aromatic carbocycles. The normalized spacial score (nSPS) is 18.8. The van der Waals surface area contributed by atoms with Gasteiger partial charge in [0.1, 0.15) is 5.84 Å². The quantitative estimate of drug-likeness (QED) is 0.627. The van der Waals surface area contributed by atoms with Crippen molar-refractivity contribution in [3.05, 3.63) is 23.8 Å². The van der Waals surface area contributed by atoms with Crippen LogP contribution >= 0.6 is 11.8 Å². The number of nitrogens with zero attached hydrogens (tertiary/aromatic N) is 2. The molecule has 1 atom stereocenters. The van der Waals surface area contributed by atoms with Gasteiger partial charge < -0.3 is 20.4 Å². The van der Waals surface area contributed by atoms with E-state index < -0.39 is 23.7 Å². The molecule has 26 heavy (non-hydrogen) atoms. The molecule has 11 heteroatoms. The second-order valence-electron chi connectivity index (χ2n) is 5.47. The molecule has 0 fully saturated rings. The van der Waals surface area contributed by atoms with Crippen LogP contribution in [0.2, 0.25) is 0 Å². The van der Waals surface area contributed by atoms with Crippen LogP contribution < -0.4 is 10.2 Å². The Labute approximate surface area is 150 Å². The van der Waals surface area contributed by atoms with Crippen LogP contribution in [-0.2, 0) is 15.8 Å². The number of fused-ring (bicyclic) bond motifs is 1. The number of alkyl halides is 3. The first kappa shape index (κ1) is 19.9. The van der Waals surface area contributed by atoms with E-state index >= 15 is 0 Å². The van der Waals surface area contributed by atoms with Crippen molar-refractivity contribution in [3.63, 3.8) is 0 Å². The zero-order valence-corrected chi connectivity index (χ0v) is 14.4.